The summed E-state index contributed by atoms with van der Waals surface area (Å²) < 4.78 is 29.2. The molecule has 1 heterocycles. The van der Waals surface area contributed by atoms with E-state index in [9.17, 15) is 4.39 Å². The van der Waals surface area contributed by atoms with E-state index in [4.69, 9.17) is 25.8 Å². The number of hydrogen-bond donors (Lipinski definition) is 0. The third-order valence-corrected chi connectivity index (χ3v) is 2.72. The number of ether oxygens (including phenoxy) is 3. The van der Waals surface area contributed by atoms with Crippen LogP contribution in [0.3, 0.4) is 0 Å². The lowest BCUT2D eigenvalue weighted by molar-refractivity contribution is -0.183. The first-order valence-electron chi connectivity index (χ1n) is 5.57. The van der Waals surface area contributed by atoms with Crippen molar-refractivity contribution in [3.05, 3.63) is 29.0 Å². The molecule has 0 radical (unpaired) electrons. The van der Waals surface area contributed by atoms with Gasteiger partial charge in [0, 0.05) is 12.5 Å². The molecule has 0 aromatic heterocycles. The SMILES string of the molecule is Fc1cc(OCCC2OCCCO2)ccc1Cl. The third-order valence-electron chi connectivity index (χ3n) is 2.41. The van der Waals surface area contributed by atoms with Gasteiger partial charge in [-0.1, -0.05) is 11.6 Å². The van der Waals surface area contributed by atoms with Gasteiger partial charge in [-0.25, -0.2) is 4.39 Å². The predicted molar refractivity (Wildman–Crippen MR) is 61.8 cm³/mol. The molecule has 1 aliphatic heterocycles. The van der Waals surface area contributed by atoms with Crippen molar-refractivity contribution in [3.8, 4) is 5.75 Å². The average Bonchev–Trinajstić information content (AvgIpc) is 2.35. The van der Waals surface area contributed by atoms with Crippen molar-refractivity contribution in [3.63, 3.8) is 0 Å². The van der Waals surface area contributed by atoms with E-state index in [1.165, 1.54) is 12.1 Å². The van der Waals surface area contributed by atoms with Crippen molar-refractivity contribution in [1.29, 1.82) is 0 Å². The quantitative estimate of drug-likeness (QED) is 0.833. The molecule has 2 rings (SSSR count). The van der Waals surface area contributed by atoms with Gasteiger partial charge in [0.15, 0.2) is 6.29 Å². The van der Waals surface area contributed by atoms with E-state index in [0.717, 1.165) is 19.6 Å². The van der Waals surface area contributed by atoms with E-state index in [1.54, 1.807) is 6.07 Å². The highest BCUT2D eigenvalue weighted by Gasteiger charge is 2.13. The van der Waals surface area contributed by atoms with E-state index in [2.05, 4.69) is 0 Å². The smallest absolute Gasteiger partial charge is 0.160 e. The Hall–Kier alpha value is -0.840. The van der Waals surface area contributed by atoms with Crippen LogP contribution in [0, 0.1) is 5.82 Å². The van der Waals surface area contributed by atoms with Crippen LogP contribution in [-0.2, 0) is 9.47 Å². The van der Waals surface area contributed by atoms with E-state index in [0.29, 0.717) is 18.8 Å². The van der Waals surface area contributed by atoms with Crippen LogP contribution in [0.2, 0.25) is 5.02 Å². The molecular formula is C12H14ClFO3. The summed E-state index contributed by atoms with van der Waals surface area (Å²) >= 11 is 5.57. The highest BCUT2D eigenvalue weighted by atomic mass is 35.5. The van der Waals surface area contributed by atoms with Gasteiger partial charge in [0.25, 0.3) is 0 Å². The molecule has 0 saturated carbocycles. The number of benzene rings is 1. The Morgan fingerprint density at radius 2 is 2.12 bits per heavy atom. The van der Waals surface area contributed by atoms with Crippen molar-refractivity contribution < 1.29 is 18.6 Å². The zero-order valence-electron chi connectivity index (χ0n) is 9.33. The van der Waals surface area contributed by atoms with E-state index in [-0.39, 0.29) is 11.3 Å². The summed E-state index contributed by atoms with van der Waals surface area (Å²) in [5, 5.41) is 0.0938. The molecule has 5 heteroatoms. The Labute approximate surface area is 104 Å². The van der Waals surface area contributed by atoms with Crippen LogP contribution < -0.4 is 4.74 Å². The van der Waals surface area contributed by atoms with Crippen LogP contribution in [0.1, 0.15) is 12.8 Å². The highest BCUT2D eigenvalue weighted by molar-refractivity contribution is 6.30. The van der Waals surface area contributed by atoms with Gasteiger partial charge in [0.2, 0.25) is 0 Å². The first kappa shape index (κ1) is 12.6. The van der Waals surface area contributed by atoms with Crippen LogP contribution in [0.5, 0.6) is 5.75 Å². The second-order valence-electron chi connectivity index (χ2n) is 3.74. The van der Waals surface area contributed by atoms with Crippen molar-refractivity contribution >= 4 is 11.6 Å². The lowest BCUT2D eigenvalue weighted by Crippen LogP contribution is -2.26. The van der Waals surface area contributed by atoms with Gasteiger partial charge < -0.3 is 14.2 Å². The lowest BCUT2D eigenvalue weighted by Gasteiger charge is -2.23. The topological polar surface area (TPSA) is 27.7 Å². The van der Waals surface area contributed by atoms with E-state index in [1.807, 2.05) is 0 Å². The zero-order chi connectivity index (χ0) is 12.1. The fourth-order valence-electron chi connectivity index (χ4n) is 1.54. The summed E-state index contributed by atoms with van der Waals surface area (Å²) in [4.78, 5) is 0. The Bertz CT molecular complexity index is 367. The molecule has 1 aromatic rings. The molecule has 94 valence electrons. The van der Waals surface area contributed by atoms with Crippen LogP contribution in [0.15, 0.2) is 18.2 Å². The minimum Gasteiger partial charge on any atom is -0.493 e. The monoisotopic (exact) mass is 260 g/mol. The maximum atomic E-state index is 13.1. The van der Waals surface area contributed by atoms with Crippen molar-refractivity contribution in [2.45, 2.75) is 19.1 Å². The summed E-state index contributed by atoms with van der Waals surface area (Å²) in [6, 6.07) is 4.37. The number of halogens is 2. The second-order valence-corrected chi connectivity index (χ2v) is 4.14. The molecule has 1 aliphatic rings. The summed E-state index contributed by atoms with van der Waals surface area (Å²) in [5.41, 5.74) is 0. The molecule has 0 spiro atoms. The molecular weight excluding hydrogens is 247 g/mol. The Morgan fingerprint density at radius 3 is 2.82 bits per heavy atom. The first-order valence-corrected chi connectivity index (χ1v) is 5.94. The maximum Gasteiger partial charge on any atom is 0.160 e. The van der Waals surface area contributed by atoms with Crippen molar-refractivity contribution in [2.24, 2.45) is 0 Å². The Morgan fingerprint density at radius 1 is 1.35 bits per heavy atom. The highest BCUT2D eigenvalue weighted by Crippen LogP contribution is 2.20. The van der Waals surface area contributed by atoms with Gasteiger partial charge in [0.1, 0.15) is 11.6 Å². The lowest BCUT2D eigenvalue weighted by atomic mass is 10.3. The number of hydrogen-bond acceptors (Lipinski definition) is 3. The molecule has 17 heavy (non-hydrogen) atoms. The molecule has 0 atom stereocenters. The second kappa shape index (κ2) is 6.19. The standard InChI is InChI=1S/C12H14ClFO3/c13-10-3-2-9(8-11(10)14)15-7-4-12-16-5-1-6-17-12/h2-3,8,12H,1,4-7H2. The number of rotatable bonds is 4. The van der Waals surface area contributed by atoms with Gasteiger partial charge in [-0.2, -0.15) is 0 Å². The molecule has 0 aliphatic carbocycles. The summed E-state index contributed by atoms with van der Waals surface area (Å²) in [5.74, 6) is -0.0166. The van der Waals surface area contributed by atoms with Gasteiger partial charge in [0.05, 0.1) is 24.8 Å². The minimum absolute atomic E-state index is 0.0938. The summed E-state index contributed by atoms with van der Waals surface area (Å²) in [6.07, 6.45) is 1.35. The summed E-state index contributed by atoms with van der Waals surface area (Å²) in [7, 11) is 0. The minimum atomic E-state index is -0.477. The van der Waals surface area contributed by atoms with Gasteiger partial charge >= 0.3 is 0 Å². The van der Waals surface area contributed by atoms with Crippen molar-refractivity contribution in [1.82, 2.24) is 0 Å². The molecule has 0 unspecified atom stereocenters. The molecule has 1 saturated heterocycles. The summed E-state index contributed by atoms with van der Waals surface area (Å²) in [6.45, 7) is 1.87. The van der Waals surface area contributed by atoms with Crippen LogP contribution >= 0.6 is 11.6 Å². The zero-order valence-corrected chi connectivity index (χ0v) is 10.1. The molecule has 0 amide bonds. The Balaban J connectivity index is 1.75. The van der Waals surface area contributed by atoms with E-state index >= 15 is 0 Å². The largest absolute Gasteiger partial charge is 0.493 e. The maximum absolute atomic E-state index is 13.1. The Kier molecular flexibility index (Phi) is 4.59. The van der Waals surface area contributed by atoms with Gasteiger partial charge in [-0.3, -0.25) is 0 Å². The molecule has 1 aromatic carbocycles. The third kappa shape index (κ3) is 3.84. The van der Waals surface area contributed by atoms with Crippen LogP contribution in [0.4, 0.5) is 4.39 Å². The van der Waals surface area contributed by atoms with E-state index < -0.39 is 5.82 Å². The average molecular weight is 261 g/mol. The fraction of sp³-hybridized carbons (Fsp3) is 0.500. The molecule has 0 N–H and O–H groups in total. The molecule has 1 fully saturated rings. The van der Waals surface area contributed by atoms with Crippen LogP contribution in [0.25, 0.3) is 0 Å². The predicted octanol–water partition coefficient (Wildman–Crippen LogP) is 3.01. The fourth-order valence-corrected chi connectivity index (χ4v) is 1.66. The normalized spacial score (nSPS) is 17.1. The first-order chi connectivity index (χ1) is 8.25. The van der Waals surface area contributed by atoms with Gasteiger partial charge in [-0.05, 0) is 18.6 Å². The van der Waals surface area contributed by atoms with Gasteiger partial charge in [-0.15, -0.1) is 0 Å². The van der Waals surface area contributed by atoms with Crippen molar-refractivity contribution in [2.75, 3.05) is 19.8 Å². The molecule has 3 nitrogen and oxygen atoms in total. The van der Waals surface area contributed by atoms with Crippen LogP contribution in [-0.4, -0.2) is 26.1 Å². The molecule has 0 bridgehead atoms.